The molecular formula is C8H16N4. The predicted octanol–water partition coefficient (Wildman–Crippen LogP) is -0.935. The summed E-state index contributed by atoms with van der Waals surface area (Å²) < 4.78 is 0. The molecule has 0 radical (unpaired) electrons. The summed E-state index contributed by atoms with van der Waals surface area (Å²) in [4.78, 5) is 0. The molecule has 4 bridgehead atoms. The number of hydrogen-bond donors (Lipinski definition) is 0. The number of hydrazine groups is 2. The highest BCUT2D eigenvalue weighted by Gasteiger charge is 2.32. The average Bonchev–Trinajstić information content (AvgIpc) is 2.51. The minimum atomic E-state index is 1.23. The van der Waals surface area contributed by atoms with Crippen LogP contribution in [-0.4, -0.2) is 72.4 Å². The van der Waals surface area contributed by atoms with Crippen LogP contribution < -0.4 is 0 Å². The van der Waals surface area contributed by atoms with Crippen LogP contribution in [0.15, 0.2) is 0 Å². The van der Waals surface area contributed by atoms with Gasteiger partial charge in [-0.3, -0.25) is 0 Å². The molecule has 4 heterocycles. The Labute approximate surface area is 73.3 Å². The van der Waals surface area contributed by atoms with E-state index in [0.717, 1.165) is 0 Å². The van der Waals surface area contributed by atoms with Gasteiger partial charge in [0.25, 0.3) is 0 Å². The molecule has 0 aromatic heterocycles. The highest BCUT2D eigenvalue weighted by Crippen LogP contribution is 2.16. The first-order chi connectivity index (χ1) is 5.93. The molecule has 68 valence electrons. The number of fused-ring (bicyclic) bond motifs is 4. The summed E-state index contributed by atoms with van der Waals surface area (Å²) in [6.45, 7) is 9.86. The molecule has 4 fully saturated rings. The van der Waals surface area contributed by atoms with Gasteiger partial charge in [-0.2, -0.15) is 0 Å². The van der Waals surface area contributed by atoms with Crippen molar-refractivity contribution in [3.05, 3.63) is 0 Å². The fourth-order valence-corrected chi connectivity index (χ4v) is 2.50. The van der Waals surface area contributed by atoms with Crippen molar-refractivity contribution in [3.8, 4) is 0 Å². The first-order valence-corrected chi connectivity index (χ1v) is 4.93. The van der Waals surface area contributed by atoms with Crippen molar-refractivity contribution in [2.45, 2.75) is 0 Å². The van der Waals surface area contributed by atoms with E-state index in [1.165, 1.54) is 52.4 Å². The van der Waals surface area contributed by atoms with E-state index in [0.29, 0.717) is 0 Å². The van der Waals surface area contributed by atoms with Crippen molar-refractivity contribution in [2.75, 3.05) is 52.4 Å². The van der Waals surface area contributed by atoms with Crippen molar-refractivity contribution >= 4 is 0 Å². The third-order valence-electron chi connectivity index (χ3n) is 3.26. The largest absolute Gasteiger partial charge is 0.239 e. The second-order valence-corrected chi connectivity index (χ2v) is 3.81. The van der Waals surface area contributed by atoms with Gasteiger partial charge in [-0.05, 0) is 0 Å². The van der Waals surface area contributed by atoms with Crippen LogP contribution in [0.5, 0.6) is 0 Å². The van der Waals surface area contributed by atoms with E-state index < -0.39 is 0 Å². The molecule has 4 aliphatic heterocycles. The molecular weight excluding hydrogens is 152 g/mol. The molecule has 4 rings (SSSR count). The van der Waals surface area contributed by atoms with Gasteiger partial charge in [0, 0.05) is 52.4 Å². The maximum atomic E-state index is 2.53. The van der Waals surface area contributed by atoms with Crippen LogP contribution in [0.3, 0.4) is 0 Å². The third-order valence-corrected chi connectivity index (χ3v) is 3.26. The fraction of sp³-hybridized carbons (Fsp3) is 1.00. The van der Waals surface area contributed by atoms with E-state index in [9.17, 15) is 0 Å². The van der Waals surface area contributed by atoms with E-state index in [4.69, 9.17) is 0 Å². The van der Waals surface area contributed by atoms with Gasteiger partial charge in [0.05, 0.1) is 0 Å². The zero-order chi connectivity index (χ0) is 7.97. The van der Waals surface area contributed by atoms with Crippen LogP contribution in [0, 0.1) is 0 Å². The summed E-state index contributed by atoms with van der Waals surface area (Å²) in [6, 6.07) is 0. The van der Waals surface area contributed by atoms with Gasteiger partial charge < -0.3 is 0 Å². The van der Waals surface area contributed by atoms with Crippen LogP contribution in [0.25, 0.3) is 0 Å². The van der Waals surface area contributed by atoms with Crippen LogP contribution in [0.4, 0.5) is 0 Å². The van der Waals surface area contributed by atoms with Crippen LogP contribution in [0.2, 0.25) is 0 Å². The SMILES string of the molecule is C1CN2CCN3CCN2CCN13. The quantitative estimate of drug-likeness (QED) is 0.463. The van der Waals surface area contributed by atoms with E-state index in [-0.39, 0.29) is 0 Å². The standard InChI is InChI=1S/C8H16N4/c1-2-10-5-6-11-7-8-12(10)4-3-9(1)11/h1-8H2. The highest BCUT2D eigenvalue weighted by atomic mass is 15.7. The number of nitrogens with zero attached hydrogens (tertiary/aromatic N) is 4. The maximum absolute atomic E-state index is 2.53. The van der Waals surface area contributed by atoms with Crippen LogP contribution in [0.1, 0.15) is 0 Å². The van der Waals surface area contributed by atoms with Crippen molar-refractivity contribution in [3.63, 3.8) is 0 Å². The Bertz CT molecular complexity index is 128. The molecule has 0 aliphatic carbocycles. The van der Waals surface area contributed by atoms with Gasteiger partial charge in [0.1, 0.15) is 0 Å². The van der Waals surface area contributed by atoms with Gasteiger partial charge in [0.2, 0.25) is 0 Å². The van der Waals surface area contributed by atoms with Crippen molar-refractivity contribution in [2.24, 2.45) is 0 Å². The van der Waals surface area contributed by atoms with Gasteiger partial charge in [0.15, 0.2) is 0 Å². The molecule has 4 aliphatic rings. The highest BCUT2D eigenvalue weighted by molar-refractivity contribution is 4.79. The average molecular weight is 168 g/mol. The van der Waals surface area contributed by atoms with Gasteiger partial charge in [-0.25, -0.2) is 20.0 Å². The molecule has 0 aromatic rings. The molecule has 0 amide bonds. The Morgan fingerprint density at radius 2 is 0.500 bits per heavy atom. The van der Waals surface area contributed by atoms with E-state index >= 15 is 0 Å². The second-order valence-electron chi connectivity index (χ2n) is 3.81. The summed E-state index contributed by atoms with van der Waals surface area (Å²) in [6.07, 6.45) is 0. The predicted molar refractivity (Wildman–Crippen MR) is 46.3 cm³/mol. The lowest BCUT2D eigenvalue weighted by molar-refractivity contribution is 0.00260. The van der Waals surface area contributed by atoms with Gasteiger partial charge >= 0.3 is 0 Å². The molecule has 0 saturated carbocycles. The summed E-state index contributed by atoms with van der Waals surface area (Å²) in [5.41, 5.74) is 0. The van der Waals surface area contributed by atoms with E-state index in [2.05, 4.69) is 20.0 Å². The monoisotopic (exact) mass is 168 g/mol. The van der Waals surface area contributed by atoms with Gasteiger partial charge in [-0.1, -0.05) is 0 Å². The normalized spacial score (nSPS) is 52.0. The first kappa shape index (κ1) is 7.26. The molecule has 0 N–H and O–H groups in total. The zero-order valence-corrected chi connectivity index (χ0v) is 7.45. The summed E-state index contributed by atoms with van der Waals surface area (Å²) >= 11 is 0. The van der Waals surface area contributed by atoms with E-state index in [1.54, 1.807) is 0 Å². The minimum Gasteiger partial charge on any atom is -0.239 e. The Kier molecular flexibility index (Phi) is 1.61. The fourth-order valence-electron chi connectivity index (χ4n) is 2.50. The third kappa shape index (κ3) is 0.992. The van der Waals surface area contributed by atoms with Crippen molar-refractivity contribution < 1.29 is 0 Å². The lowest BCUT2D eigenvalue weighted by Crippen LogP contribution is -2.44. The smallest absolute Gasteiger partial charge is 0.0275 e. The first-order valence-electron chi connectivity index (χ1n) is 4.93. The molecule has 0 aromatic carbocycles. The number of hydrogen-bond acceptors (Lipinski definition) is 4. The lowest BCUT2D eigenvalue weighted by Gasteiger charge is -2.29. The molecule has 0 spiro atoms. The summed E-state index contributed by atoms with van der Waals surface area (Å²) in [5, 5.41) is 10.1. The Hall–Kier alpha value is -0.160. The zero-order valence-electron chi connectivity index (χ0n) is 7.45. The van der Waals surface area contributed by atoms with Crippen LogP contribution in [-0.2, 0) is 0 Å². The number of rotatable bonds is 0. The Balaban J connectivity index is 1.95. The van der Waals surface area contributed by atoms with Gasteiger partial charge in [-0.15, -0.1) is 0 Å². The topological polar surface area (TPSA) is 13.0 Å². The Morgan fingerprint density at radius 1 is 0.333 bits per heavy atom. The van der Waals surface area contributed by atoms with Crippen molar-refractivity contribution in [1.29, 1.82) is 0 Å². The molecule has 0 atom stereocenters. The lowest BCUT2D eigenvalue weighted by atomic mass is 10.5. The van der Waals surface area contributed by atoms with Crippen LogP contribution >= 0.6 is 0 Å². The molecule has 12 heavy (non-hydrogen) atoms. The minimum absolute atomic E-state index is 1.23. The second kappa shape index (κ2) is 2.67. The molecule has 0 unspecified atom stereocenters. The summed E-state index contributed by atoms with van der Waals surface area (Å²) in [5.74, 6) is 0. The Morgan fingerprint density at radius 3 is 0.667 bits per heavy atom. The molecule has 4 heteroatoms. The summed E-state index contributed by atoms with van der Waals surface area (Å²) in [7, 11) is 0. The van der Waals surface area contributed by atoms with E-state index in [1.807, 2.05) is 0 Å². The molecule has 4 nitrogen and oxygen atoms in total. The maximum Gasteiger partial charge on any atom is 0.0275 e. The van der Waals surface area contributed by atoms with Crippen molar-refractivity contribution in [1.82, 2.24) is 20.0 Å². The molecule has 4 saturated heterocycles.